The highest BCUT2D eigenvalue weighted by Gasteiger charge is 2.09. The lowest BCUT2D eigenvalue weighted by molar-refractivity contribution is -0.139. The number of methoxy groups -OCH3 is 1. The summed E-state index contributed by atoms with van der Waals surface area (Å²) in [6.07, 6.45) is 0. The maximum absolute atomic E-state index is 12.3. The average Bonchev–Trinajstić information content (AvgIpc) is 2.86. The molecule has 0 aliphatic rings. The van der Waals surface area contributed by atoms with Crippen LogP contribution in [0, 0.1) is 0 Å². The highest BCUT2D eigenvalue weighted by molar-refractivity contribution is 5.91. The number of carbonyl (C=O) groups is 2. The molecule has 0 unspecified atom stereocenters. The summed E-state index contributed by atoms with van der Waals surface area (Å²) in [5, 5.41) is 8.35. The van der Waals surface area contributed by atoms with Gasteiger partial charge in [0.1, 0.15) is 30.5 Å². The second-order valence-electron chi connectivity index (χ2n) is 7.07. The molecule has 34 heavy (non-hydrogen) atoms. The summed E-state index contributed by atoms with van der Waals surface area (Å²) in [4.78, 5) is 23.6. The van der Waals surface area contributed by atoms with Gasteiger partial charge in [0.15, 0.2) is 0 Å². The topological polar surface area (TPSA) is 95.8 Å². The molecule has 0 aliphatic carbocycles. The van der Waals surface area contributed by atoms with Crippen molar-refractivity contribution in [1.29, 1.82) is 0 Å². The molecule has 0 aromatic heterocycles. The molecule has 8 heteroatoms. The maximum atomic E-state index is 12.3. The number of ether oxygens (including phenoxy) is 4. The summed E-state index contributed by atoms with van der Waals surface area (Å²) in [5.41, 5.74) is 1.95. The zero-order chi connectivity index (χ0) is 24.3. The normalized spacial score (nSPS) is 10.5. The number of azo groups is 1. The molecule has 3 aromatic carbocycles. The van der Waals surface area contributed by atoms with Gasteiger partial charge in [-0.25, -0.2) is 9.59 Å². The van der Waals surface area contributed by atoms with Crippen molar-refractivity contribution < 1.29 is 28.5 Å². The van der Waals surface area contributed by atoms with E-state index in [0.29, 0.717) is 39.8 Å². The molecule has 0 saturated heterocycles. The van der Waals surface area contributed by atoms with Gasteiger partial charge < -0.3 is 18.9 Å². The molecule has 174 valence electrons. The van der Waals surface area contributed by atoms with E-state index in [1.807, 2.05) is 0 Å². The molecule has 0 fully saturated rings. The first kappa shape index (κ1) is 24.2. The molecule has 8 nitrogen and oxygen atoms in total. The quantitative estimate of drug-likeness (QED) is 0.124. The van der Waals surface area contributed by atoms with Crippen molar-refractivity contribution in [1.82, 2.24) is 0 Å². The van der Waals surface area contributed by atoms with Crippen LogP contribution in [-0.4, -0.2) is 32.3 Å². The Balaban J connectivity index is 1.49. The van der Waals surface area contributed by atoms with Crippen LogP contribution in [0.5, 0.6) is 17.2 Å². The number of benzene rings is 3. The Morgan fingerprint density at radius 1 is 0.765 bits per heavy atom. The molecule has 0 radical (unpaired) electrons. The van der Waals surface area contributed by atoms with Crippen LogP contribution in [0.4, 0.5) is 11.4 Å². The van der Waals surface area contributed by atoms with Gasteiger partial charge in [-0.15, -0.1) is 0 Å². The Kier molecular flexibility index (Phi) is 8.51. The number of nitrogens with zero attached hydrogens (tertiary/aromatic N) is 2. The van der Waals surface area contributed by atoms with E-state index in [2.05, 4.69) is 16.8 Å². The van der Waals surface area contributed by atoms with E-state index >= 15 is 0 Å². The Morgan fingerprint density at radius 2 is 1.29 bits per heavy atom. The summed E-state index contributed by atoms with van der Waals surface area (Å²) in [5.74, 6) is 0.804. The summed E-state index contributed by atoms with van der Waals surface area (Å²) in [6.45, 7) is 5.47. The molecule has 0 spiro atoms. The van der Waals surface area contributed by atoms with Crippen molar-refractivity contribution in [3.05, 3.63) is 90.5 Å². The van der Waals surface area contributed by atoms with E-state index < -0.39 is 11.9 Å². The fraction of sp³-hybridized carbons (Fsp3) is 0.154. The third-order valence-corrected chi connectivity index (χ3v) is 4.42. The summed E-state index contributed by atoms with van der Waals surface area (Å²) >= 11 is 0. The molecule has 0 aliphatic heterocycles. The van der Waals surface area contributed by atoms with Gasteiger partial charge in [-0.05, 0) is 79.7 Å². The number of hydrogen-bond acceptors (Lipinski definition) is 8. The van der Waals surface area contributed by atoms with Gasteiger partial charge in [-0.3, -0.25) is 0 Å². The molecular weight excluding hydrogens is 436 g/mol. The SMILES string of the molecule is C=C(C)C(=O)OCCOc1ccc(N=Nc2ccc(C(=O)Oc3ccc(OC)cc3)cc2)cc1. The molecule has 0 atom stereocenters. The van der Waals surface area contributed by atoms with Gasteiger partial charge in [-0.2, -0.15) is 10.2 Å². The smallest absolute Gasteiger partial charge is 0.343 e. The van der Waals surface area contributed by atoms with E-state index in [1.165, 1.54) is 0 Å². The first-order valence-electron chi connectivity index (χ1n) is 10.4. The fourth-order valence-corrected chi connectivity index (χ4v) is 2.62. The minimum atomic E-state index is -0.473. The van der Waals surface area contributed by atoms with Crippen LogP contribution in [0.3, 0.4) is 0 Å². The fourth-order valence-electron chi connectivity index (χ4n) is 2.62. The molecule has 0 saturated carbocycles. The van der Waals surface area contributed by atoms with Crippen LogP contribution in [-0.2, 0) is 9.53 Å². The Bertz CT molecular complexity index is 1150. The summed E-state index contributed by atoms with van der Waals surface area (Å²) in [7, 11) is 1.57. The first-order chi connectivity index (χ1) is 16.4. The van der Waals surface area contributed by atoms with Gasteiger partial charge in [0, 0.05) is 5.57 Å². The van der Waals surface area contributed by atoms with E-state index in [1.54, 1.807) is 86.8 Å². The molecule has 0 heterocycles. The van der Waals surface area contributed by atoms with E-state index in [9.17, 15) is 9.59 Å². The number of carbonyl (C=O) groups excluding carboxylic acids is 2. The molecule has 3 rings (SSSR count). The molecule has 0 bridgehead atoms. The predicted octanol–water partition coefficient (Wildman–Crippen LogP) is 5.83. The van der Waals surface area contributed by atoms with Crippen LogP contribution < -0.4 is 14.2 Å². The lowest BCUT2D eigenvalue weighted by atomic mass is 10.2. The lowest BCUT2D eigenvalue weighted by Gasteiger charge is -2.07. The molecular formula is C26H24N2O6. The zero-order valence-corrected chi connectivity index (χ0v) is 18.9. The van der Waals surface area contributed by atoms with Crippen molar-refractivity contribution in [2.45, 2.75) is 6.92 Å². The Morgan fingerprint density at radius 3 is 1.85 bits per heavy atom. The summed E-state index contributed by atoms with van der Waals surface area (Å²) < 4.78 is 20.9. The average molecular weight is 460 g/mol. The Labute approximate surface area is 197 Å². The second kappa shape index (κ2) is 12.0. The second-order valence-corrected chi connectivity index (χ2v) is 7.07. The summed E-state index contributed by atoms with van der Waals surface area (Å²) in [6, 6.07) is 20.3. The standard InChI is InChI=1S/C26H24N2O6/c1-18(2)25(29)33-17-16-32-23-10-8-21(9-11-23)28-27-20-6-4-19(5-7-20)26(30)34-24-14-12-22(31-3)13-15-24/h4-15H,1,16-17H2,2-3H3. The lowest BCUT2D eigenvalue weighted by Crippen LogP contribution is -2.12. The van der Waals surface area contributed by atoms with Crippen LogP contribution in [0.2, 0.25) is 0 Å². The van der Waals surface area contributed by atoms with E-state index in [-0.39, 0.29) is 13.2 Å². The monoisotopic (exact) mass is 460 g/mol. The first-order valence-corrected chi connectivity index (χ1v) is 10.4. The van der Waals surface area contributed by atoms with E-state index in [4.69, 9.17) is 18.9 Å². The van der Waals surface area contributed by atoms with Gasteiger partial charge in [-0.1, -0.05) is 6.58 Å². The maximum Gasteiger partial charge on any atom is 0.343 e. The molecule has 3 aromatic rings. The minimum Gasteiger partial charge on any atom is -0.497 e. The van der Waals surface area contributed by atoms with Crippen molar-refractivity contribution in [2.24, 2.45) is 10.2 Å². The van der Waals surface area contributed by atoms with E-state index in [0.717, 1.165) is 0 Å². The number of hydrogen-bond donors (Lipinski definition) is 0. The minimum absolute atomic E-state index is 0.136. The number of rotatable bonds is 10. The van der Waals surface area contributed by atoms with Gasteiger partial charge in [0.05, 0.1) is 24.0 Å². The Hall–Kier alpha value is -4.46. The zero-order valence-electron chi connectivity index (χ0n) is 18.9. The highest BCUT2D eigenvalue weighted by atomic mass is 16.6. The molecule has 0 amide bonds. The van der Waals surface area contributed by atoms with Crippen LogP contribution in [0.25, 0.3) is 0 Å². The predicted molar refractivity (Wildman–Crippen MR) is 126 cm³/mol. The third-order valence-electron chi connectivity index (χ3n) is 4.42. The number of esters is 2. The van der Waals surface area contributed by atoms with Crippen LogP contribution in [0.1, 0.15) is 17.3 Å². The van der Waals surface area contributed by atoms with Gasteiger partial charge in [0.2, 0.25) is 0 Å². The van der Waals surface area contributed by atoms with Crippen molar-refractivity contribution in [3.63, 3.8) is 0 Å². The third kappa shape index (κ3) is 7.30. The highest BCUT2D eigenvalue weighted by Crippen LogP contribution is 2.23. The largest absolute Gasteiger partial charge is 0.497 e. The van der Waals surface area contributed by atoms with Crippen molar-refractivity contribution in [2.75, 3.05) is 20.3 Å². The van der Waals surface area contributed by atoms with Crippen molar-refractivity contribution >= 4 is 23.3 Å². The molecule has 0 N–H and O–H groups in total. The van der Waals surface area contributed by atoms with Crippen LogP contribution >= 0.6 is 0 Å². The van der Waals surface area contributed by atoms with Gasteiger partial charge in [0.25, 0.3) is 0 Å². The van der Waals surface area contributed by atoms with Crippen LogP contribution in [0.15, 0.2) is 95.2 Å². The van der Waals surface area contributed by atoms with Crippen molar-refractivity contribution in [3.8, 4) is 17.2 Å². The van der Waals surface area contributed by atoms with Gasteiger partial charge >= 0.3 is 11.9 Å².